The number of nitrogens with zero attached hydrogens (tertiary/aromatic N) is 1. The van der Waals surface area contributed by atoms with Crippen LogP contribution >= 0.6 is 0 Å². The number of fused-ring (bicyclic) bond motifs is 1. The molecule has 1 saturated carbocycles. The van der Waals surface area contributed by atoms with Crippen LogP contribution in [0.4, 0.5) is 5.69 Å². The van der Waals surface area contributed by atoms with Gasteiger partial charge in [0.05, 0.1) is 28.4 Å². The van der Waals surface area contributed by atoms with Crippen LogP contribution in [0.5, 0.6) is 23.0 Å². The highest BCUT2D eigenvalue weighted by atomic mass is 16.5. The van der Waals surface area contributed by atoms with E-state index in [2.05, 4.69) is 29.4 Å². The van der Waals surface area contributed by atoms with Crippen LogP contribution in [0.25, 0.3) is 0 Å². The molecule has 184 valence electrons. The molecular formula is C27H36N2O5. The molecule has 1 atom stereocenters. The van der Waals surface area contributed by atoms with Crippen molar-refractivity contribution in [1.82, 2.24) is 4.90 Å². The summed E-state index contributed by atoms with van der Waals surface area (Å²) in [4.78, 5) is 15.4. The number of anilines is 1. The van der Waals surface area contributed by atoms with Gasteiger partial charge in [-0.1, -0.05) is 12.8 Å². The van der Waals surface area contributed by atoms with Gasteiger partial charge < -0.3 is 24.3 Å². The van der Waals surface area contributed by atoms with Gasteiger partial charge in [-0.05, 0) is 67.6 Å². The topological polar surface area (TPSA) is 69.3 Å². The second kappa shape index (κ2) is 10.6. The van der Waals surface area contributed by atoms with Gasteiger partial charge in [-0.2, -0.15) is 0 Å². The molecule has 1 fully saturated rings. The number of rotatable bonds is 8. The molecule has 1 aliphatic carbocycles. The monoisotopic (exact) mass is 468 g/mol. The average Bonchev–Trinajstić information content (AvgIpc) is 3.40. The fourth-order valence-corrected chi connectivity index (χ4v) is 5.26. The van der Waals surface area contributed by atoms with Crippen LogP contribution in [0.1, 0.15) is 48.4 Å². The lowest BCUT2D eigenvalue weighted by atomic mass is 9.88. The minimum atomic E-state index is 0.0794. The summed E-state index contributed by atoms with van der Waals surface area (Å²) in [5, 5.41) is 3.21. The van der Waals surface area contributed by atoms with Crippen molar-refractivity contribution < 1.29 is 23.7 Å². The Kier molecular flexibility index (Phi) is 7.51. The van der Waals surface area contributed by atoms with Crippen molar-refractivity contribution in [2.45, 2.75) is 44.6 Å². The highest BCUT2D eigenvalue weighted by molar-refractivity contribution is 5.94. The highest BCUT2D eigenvalue weighted by Gasteiger charge is 2.29. The number of methoxy groups -OCH3 is 4. The van der Waals surface area contributed by atoms with Crippen LogP contribution < -0.4 is 24.3 Å². The molecule has 1 heterocycles. The van der Waals surface area contributed by atoms with Gasteiger partial charge in [-0.3, -0.25) is 9.69 Å². The summed E-state index contributed by atoms with van der Waals surface area (Å²) < 4.78 is 22.3. The van der Waals surface area contributed by atoms with E-state index in [4.69, 9.17) is 18.9 Å². The molecule has 0 bridgehead atoms. The molecule has 2 aromatic rings. The normalized spacial score (nSPS) is 18.3. The first-order chi connectivity index (χ1) is 16.5. The Balaban J connectivity index is 1.72. The van der Waals surface area contributed by atoms with E-state index in [1.807, 2.05) is 12.1 Å². The largest absolute Gasteiger partial charge is 0.493 e. The molecule has 4 rings (SSSR count). The fourth-order valence-electron chi connectivity index (χ4n) is 5.26. The number of hydrogen-bond donors (Lipinski definition) is 1. The molecule has 0 spiro atoms. The number of amides is 1. The van der Waals surface area contributed by atoms with Gasteiger partial charge in [0.25, 0.3) is 0 Å². The highest BCUT2D eigenvalue weighted by Crippen LogP contribution is 2.42. The van der Waals surface area contributed by atoms with E-state index in [9.17, 15) is 4.79 Å². The van der Waals surface area contributed by atoms with Crippen LogP contribution in [0.3, 0.4) is 0 Å². The molecule has 1 N–H and O–H groups in total. The van der Waals surface area contributed by atoms with Crippen LogP contribution in [0, 0.1) is 5.92 Å². The summed E-state index contributed by atoms with van der Waals surface area (Å²) in [7, 11) is 8.72. The molecule has 34 heavy (non-hydrogen) atoms. The Morgan fingerprint density at radius 3 is 2.15 bits per heavy atom. The number of carbonyl (C=O) groups excluding carboxylic acids is 1. The molecule has 1 amide bonds. The lowest BCUT2D eigenvalue weighted by molar-refractivity contribution is -0.119. The summed E-state index contributed by atoms with van der Waals surface area (Å²) in [5.74, 6) is 2.91. The van der Waals surface area contributed by atoms with Crippen molar-refractivity contribution in [3.63, 3.8) is 0 Å². The maximum atomic E-state index is 13.0. The number of carbonyl (C=O) groups is 1. The zero-order valence-corrected chi connectivity index (χ0v) is 20.9. The number of hydrogen-bond acceptors (Lipinski definition) is 6. The molecule has 0 aromatic heterocycles. The molecule has 0 unspecified atom stereocenters. The molecular weight excluding hydrogens is 432 g/mol. The summed E-state index contributed by atoms with van der Waals surface area (Å²) in [6.45, 7) is 0.935. The smallest absolute Gasteiger partial charge is 0.227 e. The van der Waals surface area contributed by atoms with E-state index in [0.717, 1.165) is 61.4 Å². The van der Waals surface area contributed by atoms with E-state index in [-0.39, 0.29) is 17.9 Å². The fraction of sp³-hybridized carbons (Fsp3) is 0.519. The van der Waals surface area contributed by atoms with Gasteiger partial charge in [0.15, 0.2) is 23.0 Å². The first-order valence-corrected chi connectivity index (χ1v) is 12.0. The van der Waals surface area contributed by atoms with Crippen molar-refractivity contribution >= 4 is 11.6 Å². The molecule has 7 heteroatoms. The quantitative estimate of drug-likeness (QED) is 0.610. The summed E-state index contributed by atoms with van der Waals surface area (Å²) in [6, 6.07) is 8.17. The lowest BCUT2D eigenvalue weighted by Crippen LogP contribution is -2.33. The van der Waals surface area contributed by atoms with Crippen LogP contribution in [-0.2, 0) is 17.6 Å². The molecule has 0 saturated heterocycles. The van der Waals surface area contributed by atoms with Gasteiger partial charge >= 0.3 is 0 Å². The second-order valence-electron chi connectivity index (χ2n) is 9.19. The zero-order chi connectivity index (χ0) is 24.2. The Morgan fingerprint density at radius 1 is 0.912 bits per heavy atom. The third-order valence-electron chi connectivity index (χ3n) is 7.28. The first-order valence-electron chi connectivity index (χ1n) is 12.0. The Morgan fingerprint density at radius 2 is 1.50 bits per heavy atom. The molecule has 7 nitrogen and oxygen atoms in total. The second-order valence-corrected chi connectivity index (χ2v) is 9.19. The average molecular weight is 469 g/mol. The third kappa shape index (κ3) is 4.80. The standard InChI is InChI=1S/C27H36N2O5/c1-29-11-10-18-13-23(31-2)25(33-4)15-20(18)22(29)12-19-14-24(32-3)26(34-5)16-21(19)28-27(30)17-8-6-7-9-17/h13-17,22H,6-12H2,1-5H3,(H,28,30)/t22-/m1/s1. The third-order valence-corrected chi connectivity index (χ3v) is 7.28. The van der Waals surface area contributed by atoms with E-state index < -0.39 is 0 Å². The summed E-state index contributed by atoms with van der Waals surface area (Å²) >= 11 is 0. The summed E-state index contributed by atoms with van der Waals surface area (Å²) in [6.07, 6.45) is 5.79. The number of likely N-dealkylation sites (N-methyl/N-ethyl adjacent to an activating group) is 1. The first kappa shape index (κ1) is 24.2. The van der Waals surface area contributed by atoms with E-state index in [1.165, 1.54) is 11.1 Å². The molecule has 2 aliphatic rings. The van der Waals surface area contributed by atoms with Crippen LogP contribution in [-0.4, -0.2) is 52.8 Å². The zero-order valence-electron chi connectivity index (χ0n) is 20.9. The van der Waals surface area contributed by atoms with Gasteiger partial charge in [0.1, 0.15) is 0 Å². The Hall–Kier alpha value is -2.93. The van der Waals surface area contributed by atoms with E-state index >= 15 is 0 Å². The van der Waals surface area contributed by atoms with Crippen LogP contribution in [0.2, 0.25) is 0 Å². The van der Waals surface area contributed by atoms with Crippen molar-refractivity contribution in [3.8, 4) is 23.0 Å². The Labute approximate surface area is 202 Å². The van der Waals surface area contributed by atoms with Gasteiger partial charge in [0, 0.05) is 30.3 Å². The van der Waals surface area contributed by atoms with Gasteiger partial charge in [-0.15, -0.1) is 0 Å². The van der Waals surface area contributed by atoms with Crippen LogP contribution in [0.15, 0.2) is 24.3 Å². The number of benzene rings is 2. The van der Waals surface area contributed by atoms with E-state index in [0.29, 0.717) is 17.9 Å². The minimum absolute atomic E-state index is 0.0794. The maximum Gasteiger partial charge on any atom is 0.227 e. The summed E-state index contributed by atoms with van der Waals surface area (Å²) in [5.41, 5.74) is 4.28. The number of ether oxygens (including phenoxy) is 4. The van der Waals surface area contributed by atoms with E-state index in [1.54, 1.807) is 28.4 Å². The minimum Gasteiger partial charge on any atom is -0.493 e. The van der Waals surface area contributed by atoms with Crippen molar-refractivity contribution in [2.75, 3.05) is 47.3 Å². The van der Waals surface area contributed by atoms with Gasteiger partial charge in [-0.25, -0.2) is 0 Å². The van der Waals surface area contributed by atoms with Crippen molar-refractivity contribution in [1.29, 1.82) is 0 Å². The lowest BCUT2D eigenvalue weighted by Gasteiger charge is -2.36. The van der Waals surface area contributed by atoms with Crippen molar-refractivity contribution in [2.24, 2.45) is 5.92 Å². The van der Waals surface area contributed by atoms with Crippen molar-refractivity contribution in [3.05, 3.63) is 41.0 Å². The SMILES string of the molecule is COc1cc(C[C@@H]2c3cc(OC)c(OC)cc3CCN2C)c(NC(=O)C2CCCC2)cc1OC. The molecule has 1 aliphatic heterocycles. The molecule has 0 radical (unpaired) electrons. The predicted octanol–water partition coefficient (Wildman–Crippen LogP) is 4.62. The number of nitrogens with one attached hydrogen (secondary N) is 1. The predicted molar refractivity (Wildman–Crippen MR) is 132 cm³/mol. The van der Waals surface area contributed by atoms with Gasteiger partial charge in [0.2, 0.25) is 5.91 Å². The Bertz CT molecular complexity index is 1030. The molecule has 2 aromatic carbocycles. The maximum absolute atomic E-state index is 13.0.